The lowest BCUT2D eigenvalue weighted by atomic mass is 9.90. The number of hydrogen-bond donors (Lipinski definition) is 1. The highest BCUT2D eigenvalue weighted by atomic mass is 19.4. The zero-order valence-electron chi connectivity index (χ0n) is 11.3. The molecule has 0 aliphatic rings. The summed E-state index contributed by atoms with van der Waals surface area (Å²) in [5.74, 6) is -3.63. The summed E-state index contributed by atoms with van der Waals surface area (Å²) in [6.45, 7) is 0. The Balaban J connectivity index is 2.38. The van der Waals surface area contributed by atoms with Crippen molar-refractivity contribution >= 4 is 11.7 Å². The maximum absolute atomic E-state index is 12.4. The Morgan fingerprint density at radius 3 is 1.86 bits per heavy atom. The number of carbonyl (C=O) groups is 2. The number of carbonyl (C=O) groups excluding carboxylic acids is 2. The van der Waals surface area contributed by atoms with Crippen molar-refractivity contribution in [3.05, 3.63) is 71.8 Å². The smallest absolute Gasteiger partial charge is 0.293 e. The molecule has 22 heavy (non-hydrogen) atoms. The molecule has 0 fully saturated rings. The van der Waals surface area contributed by atoms with Gasteiger partial charge in [-0.1, -0.05) is 60.7 Å². The summed E-state index contributed by atoms with van der Waals surface area (Å²) < 4.78 is 37.2. The highest BCUT2D eigenvalue weighted by molar-refractivity contribution is 6.14. The molecule has 2 aromatic rings. The minimum atomic E-state index is -4.89. The van der Waals surface area contributed by atoms with Crippen LogP contribution in [-0.4, -0.2) is 18.0 Å². The molecular weight excluding hydrogens is 295 g/mol. The number of halogens is 3. The Kier molecular flexibility index (Phi) is 4.60. The van der Waals surface area contributed by atoms with Crippen molar-refractivity contribution in [3.63, 3.8) is 0 Å². The Morgan fingerprint density at radius 2 is 1.36 bits per heavy atom. The highest BCUT2D eigenvalue weighted by Gasteiger charge is 2.37. The summed E-state index contributed by atoms with van der Waals surface area (Å²) >= 11 is 0. The Hall–Kier alpha value is -2.63. The maximum atomic E-state index is 12.4. The van der Waals surface area contributed by atoms with E-state index in [-0.39, 0.29) is 11.1 Å². The van der Waals surface area contributed by atoms with Crippen LogP contribution in [0.2, 0.25) is 0 Å². The molecule has 2 rings (SSSR count). The summed E-state index contributed by atoms with van der Waals surface area (Å²) in [7, 11) is 0. The lowest BCUT2D eigenvalue weighted by Gasteiger charge is -2.17. The number of nitrogens with one attached hydrogen (secondary N) is 1. The lowest BCUT2D eigenvalue weighted by Crippen LogP contribution is -2.42. The Morgan fingerprint density at radius 1 is 0.864 bits per heavy atom. The molecule has 0 heterocycles. The zero-order valence-corrected chi connectivity index (χ0v) is 11.3. The fourth-order valence-corrected chi connectivity index (χ4v) is 2.05. The second kappa shape index (κ2) is 6.43. The highest BCUT2D eigenvalue weighted by Crippen LogP contribution is 2.23. The van der Waals surface area contributed by atoms with Gasteiger partial charge in [0.05, 0.1) is 0 Å². The van der Waals surface area contributed by atoms with Crippen molar-refractivity contribution in [2.45, 2.75) is 12.2 Å². The van der Waals surface area contributed by atoms with Gasteiger partial charge in [0.1, 0.15) is 5.92 Å². The fraction of sp³-hybridized carbons (Fsp3) is 0.125. The van der Waals surface area contributed by atoms with E-state index in [1.54, 1.807) is 36.4 Å². The van der Waals surface area contributed by atoms with E-state index in [0.29, 0.717) is 0 Å². The molecule has 6 heteroatoms. The first-order valence-electron chi connectivity index (χ1n) is 6.41. The van der Waals surface area contributed by atoms with E-state index in [2.05, 4.69) is 0 Å². The molecule has 0 aliphatic heterocycles. The molecule has 1 amide bonds. The largest absolute Gasteiger partial charge is 0.484 e. The van der Waals surface area contributed by atoms with Crippen molar-refractivity contribution in [1.29, 1.82) is 0 Å². The maximum Gasteiger partial charge on any atom is 0.484 e. The van der Waals surface area contributed by atoms with Gasteiger partial charge in [0.15, 0.2) is 5.78 Å². The quantitative estimate of drug-likeness (QED) is 0.535. The third kappa shape index (κ3) is 3.94. The number of hydrogen-bond acceptors (Lipinski definition) is 2. The first-order chi connectivity index (χ1) is 10.4. The third-order valence-electron chi connectivity index (χ3n) is 2.98. The minimum Gasteiger partial charge on any atom is -0.293 e. The van der Waals surface area contributed by atoms with Crippen molar-refractivity contribution in [2.24, 2.45) is 0 Å². The molecule has 0 aromatic heterocycles. The van der Waals surface area contributed by atoms with E-state index in [1.807, 2.05) is 0 Å². The van der Waals surface area contributed by atoms with E-state index in [9.17, 15) is 22.8 Å². The monoisotopic (exact) mass is 307 g/mol. The summed E-state index contributed by atoms with van der Waals surface area (Å²) in [5, 5.41) is 0.909. The van der Waals surface area contributed by atoms with Crippen molar-refractivity contribution in [1.82, 2.24) is 5.32 Å². The van der Waals surface area contributed by atoms with Crippen LogP contribution < -0.4 is 5.32 Å². The SMILES string of the molecule is O=C(NC(F)(F)F)C(C(=O)c1ccccc1)c1ccccc1. The number of alkyl halides is 3. The van der Waals surface area contributed by atoms with Crippen LogP contribution in [0.5, 0.6) is 0 Å². The average Bonchev–Trinajstić information content (AvgIpc) is 2.47. The average molecular weight is 307 g/mol. The van der Waals surface area contributed by atoms with Gasteiger partial charge in [0, 0.05) is 5.56 Å². The summed E-state index contributed by atoms with van der Waals surface area (Å²) in [6, 6.07) is 15.4. The molecule has 0 bridgehead atoms. The first kappa shape index (κ1) is 15.8. The predicted molar refractivity (Wildman–Crippen MR) is 74.2 cm³/mol. The van der Waals surface area contributed by atoms with E-state index >= 15 is 0 Å². The molecular formula is C16H12F3NO2. The van der Waals surface area contributed by atoms with Crippen LogP contribution in [0.25, 0.3) is 0 Å². The van der Waals surface area contributed by atoms with Crippen molar-refractivity contribution in [3.8, 4) is 0 Å². The van der Waals surface area contributed by atoms with Gasteiger partial charge in [0.25, 0.3) is 0 Å². The zero-order chi connectivity index (χ0) is 16.2. The van der Waals surface area contributed by atoms with Crippen LogP contribution in [0.3, 0.4) is 0 Å². The van der Waals surface area contributed by atoms with Crippen LogP contribution in [0.1, 0.15) is 21.8 Å². The molecule has 1 unspecified atom stereocenters. The molecule has 3 nitrogen and oxygen atoms in total. The van der Waals surface area contributed by atoms with Crippen molar-refractivity contribution in [2.75, 3.05) is 0 Å². The van der Waals surface area contributed by atoms with Crippen molar-refractivity contribution < 1.29 is 22.8 Å². The van der Waals surface area contributed by atoms with E-state index < -0.39 is 23.9 Å². The normalized spacial score (nSPS) is 12.5. The molecule has 1 atom stereocenters. The second-order valence-electron chi connectivity index (χ2n) is 4.56. The molecule has 0 aliphatic carbocycles. The lowest BCUT2D eigenvalue weighted by molar-refractivity contribution is -0.169. The standard InChI is InChI=1S/C16H12F3NO2/c17-16(18,19)20-15(22)13(11-7-3-1-4-8-11)14(21)12-9-5-2-6-10-12/h1-10,13H,(H,20,22). The second-order valence-corrected chi connectivity index (χ2v) is 4.56. The van der Waals surface area contributed by atoms with Gasteiger partial charge in [-0.25, -0.2) is 0 Å². The molecule has 1 N–H and O–H groups in total. The third-order valence-corrected chi connectivity index (χ3v) is 2.98. The van der Waals surface area contributed by atoms with Crippen LogP contribution in [0, 0.1) is 0 Å². The van der Waals surface area contributed by atoms with E-state index in [0.717, 1.165) is 5.32 Å². The number of amides is 1. The summed E-state index contributed by atoms with van der Waals surface area (Å²) in [6.07, 6.45) is -4.89. The molecule has 0 spiro atoms. The van der Waals surface area contributed by atoms with Gasteiger partial charge in [-0.3, -0.25) is 14.9 Å². The van der Waals surface area contributed by atoms with Crippen LogP contribution in [0.4, 0.5) is 13.2 Å². The van der Waals surface area contributed by atoms with E-state index in [1.165, 1.54) is 24.3 Å². The number of ketones is 1. The molecule has 0 saturated heterocycles. The van der Waals surface area contributed by atoms with Gasteiger partial charge < -0.3 is 0 Å². The molecule has 114 valence electrons. The van der Waals surface area contributed by atoms with E-state index in [4.69, 9.17) is 0 Å². The topological polar surface area (TPSA) is 46.2 Å². The minimum absolute atomic E-state index is 0.175. The van der Waals surface area contributed by atoms with Gasteiger partial charge in [0.2, 0.25) is 5.91 Å². The van der Waals surface area contributed by atoms with Gasteiger partial charge in [-0.2, -0.15) is 13.2 Å². The van der Waals surface area contributed by atoms with Crippen LogP contribution in [-0.2, 0) is 4.79 Å². The number of Topliss-reactive ketones (excluding diaryl/α,β-unsaturated/α-hetero) is 1. The number of benzene rings is 2. The Labute approximate surface area is 124 Å². The molecule has 0 radical (unpaired) electrons. The first-order valence-corrected chi connectivity index (χ1v) is 6.41. The Bertz CT molecular complexity index is 654. The number of rotatable bonds is 4. The fourth-order valence-electron chi connectivity index (χ4n) is 2.05. The van der Waals surface area contributed by atoms with Gasteiger partial charge in [-0.05, 0) is 5.56 Å². The van der Waals surface area contributed by atoms with Crippen LogP contribution >= 0.6 is 0 Å². The molecule has 2 aromatic carbocycles. The summed E-state index contributed by atoms with van der Waals surface area (Å²) in [4.78, 5) is 24.4. The predicted octanol–water partition coefficient (Wildman–Crippen LogP) is 3.29. The van der Waals surface area contributed by atoms with Gasteiger partial charge >= 0.3 is 6.30 Å². The van der Waals surface area contributed by atoms with Gasteiger partial charge in [-0.15, -0.1) is 0 Å². The van der Waals surface area contributed by atoms with Crippen LogP contribution in [0.15, 0.2) is 60.7 Å². The summed E-state index contributed by atoms with van der Waals surface area (Å²) in [5.41, 5.74) is 0.381. The molecule has 0 saturated carbocycles.